The van der Waals surface area contributed by atoms with Gasteiger partial charge in [0.1, 0.15) is 11.4 Å². The fourth-order valence-electron chi connectivity index (χ4n) is 4.50. The minimum atomic E-state index is -0.905. The largest absolute Gasteiger partial charge is 0.477 e. The van der Waals surface area contributed by atoms with Gasteiger partial charge in [0.25, 0.3) is 0 Å². The fraction of sp³-hybridized carbons (Fsp3) is 0.467. The first kappa shape index (κ1) is 32.9. The lowest BCUT2D eigenvalue weighted by Gasteiger charge is -2.16. The van der Waals surface area contributed by atoms with Crippen LogP contribution in [-0.2, 0) is 17.8 Å². The van der Waals surface area contributed by atoms with Gasteiger partial charge >= 0.3 is 11.9 Å². The Labute approximate surface area is 256 Å². The second-order valence-electron chi connectivity index (χ2n) is 9.67. The quantitative estimate of drug-likeness (QED) is 0.178. The minimum Gasteiger partial charge on any atom is -0.477 e. The van der Waals surface area contributed by atoms with E-state index in [2.05, 4.69) is 52.8 Å². The molecule has 0 aromatic carbocycles. The molecule has 42 heavy (non-hydrogen) atoms. The van der Waals surface area contributed by atoms with Crippen LogP contribution in [0, 0.1) is 13.8 Å². The summed E-state index contributed by atoms with van der Waals surface area (Å²) in [6, 6.07) is 3.54. The van der Waals surface area contributed by atoms with Gasteiger partial charge in [-0.1, -0.05) is 0 Å². The Hall–Kier alpha value is -3.64. The van der Waals surface area contributed by atoms with Crippen molar-refractivity contribution in [3.8, 4) is 0 Å². The maximum atomic E-state index is 12.0. The number of ether oxygens (including phenoxy) is 1. The van der Waals surface area contributed by atoms with Crippen LogP contribution < -0.4 is 9.80 Å². The van der Waals surface area contributed by atoms with Gasteiger partial charge in [0.15, 0.2) is 10.3 Å². The van der Waals surface area contributed by atoms with Crippen LogP contribution >= 0.6 is 22.7 Å². The molecule has 0 aliphatic heterocycles. The maximum absolute atomic E-state index is 12.0. The average molecular weight is 615 g/mol. The molecule has 12 heteroatoms. The molecule has 4 aromatic rings. The van der Waals surface area contributed by atoms with Crippen molar-refractivity contribution in [3.63, 3.8) is 0 Å². The van der Waals surface area contributed by atoms with Crippen LogP contribution in [0.3, 0.4) is 0 Å². The Kier molecular flexibility index (Phi) is 12.2. The highest BCUT2D eigenvalue weighted by atomic mass is 32.1. The van der Waals surface area contributed by atoms with Crippen LogP contribution in [0.25, 0.3) is 0 Å². The number of aromatic carboxylic acids is 1. The highest BCUT2D eigenvalue weighted by Gasteiger charge is 2.16. The third-order valence-electron chi connectivity index (χ3n) is 6.58. The molecule has 1 N–H and O–H groups in total. The molecule has 0 amide bonds. The Morgan fingerprint density at radius 1 is 0.786 bits per heavy atom. The summed E-state index contributed by atoms with van der Waals surface area (Å²) >= 11 is 3.24. The SMILES string of the molecule is CCN(CC)c1nc(Cn2cc(C)cc2C(=O)O)cs1.CCOC(=O)c1cc(C)cn1Cc1csc(N(CC)CC)n1. The zero-order chi connectivity index (χ0) is 30.8. The lowest BCUT2D eigenvalue weighted by molar-refractivity contribution is 0.0513. The molecule has 0 spiro atoms. The maximum Gasteiger partial charge on any atom is 0.354 e. The van der Waals surface area contributed by atoms with Gasteiger partial charge in [-0.2, -0.15) is 0 Å². The van der Waals surface area contributed by atoms with Gasteiger partial charge in [0, 0.05) is 49.3 Å². The monoisotopic (exact) mass is 614 g/mol. The molecule has 4 aromatic heterocycles. The summed E-state index contributed by atoms with van der Waals surface area (Å²) in [5.41, 5.74) is 4.74. The summed E-state index contributed by atoms with van der Waals surface area (Å²) in [6.45, 7) is 19.3. The summed E-state index contributed by atoms with van der Waals surface area (Å²) < 4.78 is 8.76. The number of carboxylic acid groups (broad SMARTS) is 1. The second kappa shape index (κ2) is 15.5. The van der Waals surface area contributed by atoms with Crippen LogP contribution in [0.5, 0.6) is 0 Å². The van der Waals surface area contributed by atoms with Gasteiger partial charge in [-0.15, -0.1) is 22.7 Å². The Bertz CT molecular complexity index is 1450. The molecule has 0 radical (unpaired) electrons. The fourth-order valence-corrected chi connectivity index (χ4v) is 6.39. The van der Waals surface area contributed by atoms with Crippen molar-refractivity contribution < 1.29 is 19.4 Å². The number of hydrogen-bond donors (Lipinski definition) is 1. The van der Waals surface area contributed by atoms with Gasteiger partial charge in [-0.05, 0) is 71.7 Å². The molecule has 0 saturated heterocycles. The summed E-state index contributed by atoms with van der Waals surface area (Å²) in [6.07, 6.45) is 3.81. The van der Waals surface area contributed by atoms with Gasteiger partial charge in [0.2, 0.25) is 0 Å². The van der Waals surface area contributed by atoms with E-state index in [0.717, 1.165) is 59.0 Å². The molecule has 0 aliphatic rings. The standard InChI is InChI=1S/C16H23N3O2S.C14H19N3O2S/c1-5-18(6-2)16-17-13(11-22-16)10-19-9-12(4)8-14(19)15(20)21-7-3;1-4-16(5-2)14-15-11(9-20-14)8-17-7-10(3)6-12(17)13(18)19/h8-9,11H,5-7,10H2,1-4H3;6-7,9H,4-5,8H2,1-3H3,(H,18,19). The molecule has 0 saturated carbocycles. The summed E-state index contributed by atoms with van der Waals surface area (Å²) in [5.74, 6) is -1.19. The molecule has 0 aliphatic carbocycles. The molecule has 0 atom stereocenters. The van der Waals surface area contributed by atoms with Crippen LogP contribution in [0.2, 0.25) is 0 Å². The first-order valence-electron chi connectivity index (χ1n) is 14.3. The van der Waals surface area contributed by atoms with E-state index in [4.69, 9.17) is 4.74 Å². The first-order valence-corrected chi connectivity index (χ1v) is 16.0. The molecule has 228 valence electrons. The highest BCUT2D eigenvalue weighted by molar-refractivity contribution is 7.14. The van der Waals surface area contributed by atoms with Crippen molar-refractivity contribution in [1.29, 1.82) is 0 Å². The van der Waals surface area contributed by atoms with Gasteiger partial charge in [-0.25, -0.2) is 19.6 Å². The number of aromatic nitrogens is 4. The first-order chi connectivity index (χ1) is 20.1. The molecule has 10 nitrogen and oxygen atoms in total. The minimum absolute atomic E-state index is 0.283. The summed E-state index contributed by atoms with van der Waals surface area (Å²) in [4.78, 5) is 36.9. The zero-order valence-corrected chi connectivity index (χ0v) is 27.2. The Balaban J connectivity index is 0.000000231. The van der Waals surface area contributed by atoms with Crippen molar-refractivity contribution in [2.45, 2.75) is 61.6 Å². The van der Waals surface area contributed by atoms with Gasteiger partial charge in [0.05, 0.1) is 31.1 Å². The van der Waals surface area contributed by atoms with E-state index in [0.29, 0.717) is 31.1 Å². The third kappa shape index (κ3) is 8.45. The molecule has 4 heterocycles. The number of carbonyl (C=O) groups is 2. The van der Waals surface area contributed by atoms with E-state index >= 15 is 0 Å². The topological polar surface area (TPSA) is 106 Å². The van der Waals surface area contributed by atoms with E-state index < -0.39 is 5.97 Å². The van der Waals surface area contributed by atoms with E-state index in [-0.39, 0.29) is 5.97 Å². The van der Waals surface area contributed by atoms with Crippen molar-refractivity contribution in [1.82, 2.24) is 19.1 Å². The number of anilines is 2. The van der Waals surface area contributed by atoms with Gasteiger partial charge < -0.3 is 28.8 Å². The predicted molar refractivity (Wildman–Crippen MR) is 171 cm³/mol. The molecule has 0 bridgehead atoms. The van der Waals surface area contributed by atoms with Gasteiger partial charge in [-0.3, -0.25) is 0 Å². The number of thiazole rings is 2. The molecule has 0 unspecified atom stereocenters. The smallest absolute Gasteiger partial charge is 0.354 e. The zero-order valence-electron chi connectivity index (χ0n) is 25.6. The number of aryl methyl sites for hydroxylation is 2. The Morgan fingerprint density at radius 3 is 1.62 bits per heavy atom. The van der Waals surface area contributed by atoms with Crippen molar-refractivity contribution in [3.05, 3.63) is 69.2 Å². The number of rotatable bonds is 13. The molecular formula is C30H42N6O4S2. The molecule has 4 rings (SSSR count). The number of esters is 1. The van der Waals surface area contributed by atoms with E-state index in [1.807, 2.05) is 49.2 Å². The normalized spacial score (nSPS) is 10.7. The van der Waals surface area contributed by atoms with Crippen molar-refractivity contribution in [2.24, 2.45) is 0 Å². The molecular weight excluding hydrogens is 573 g/mol. The number of carboxylic acids is 1. The Morgan fingerprint density at radius 2 is 1.21 bits per heavy atom. The van der Waals surface area contributed by atoms with E-state index in [1.54, 1.807) is 33.3 Å². The third-order valence-corrected chi connectivity index (χ3v) is 8.48. The molecule has 0 fully saturated rings. The number of hydrogen-bond acceptors (Lipinski definition) is 9. The average Bonchev–Trinajstić information content (AvgIpc) is 3.75. The predicted octanol–water partition coefficient (Wildman–Crippen LogP) is 6.17. The van der Waals surface area contributed by atoms with Crippen molar-refractivity contribution >= 4 is 44.9 Å². The van der Waals surface area contributed by atoms with Crippen LogP contribution in [-0.4, -0.2) is 68.9 Å². The van der Waals surface area contributed by atoms with Crippen LogP contribution in [0.1, 0.15) is 78.1 Å². The van der Waals surface area contributed by atoms with E-state index in [9.17, 15) is 14.7 Å². The summed E-state index contributed by atoms with van der Waals surface area (Å²) in [5, 5.41) is 15.2. The number of nitrogens with zero attached hydrogens (tertiary/aromatic N) is 6. The van der Waals surface area contributed by atoms with Crippen LogP contribution in [0.15, 0.2) is 35.3 Å². The highest BCUT2D eigenvalue weighted by Crippen LogP contribution is 2.23. The number of carbonyl (C=O) groups excluding carboxylic acids is 1. The van der Waals surface area contributed by atoms with Crippen LogP contribution in [0.4, 0.5) is 10.3 Å². The second-order valence-corrected chi connectivity index (χ2v) is 11.3. The lowest BCUT2D eigenvalue weighted by Crippen LogP contribution is -2.21. The van der Waals surface area contributed by atoms with E-state index in [1.165, 1.54) is 0 Å². The van der Waals surface area contributed by atoms with Crippen molar-refractivity contribution in [2.75, 3.05) is 42.6 Å². The summed E-state index contributed by atoms with van der Waals surface area (Å²) in [7, 11) is 0. The lowest BCUT2D eigenvalue weighted by atomic mass is 10.3.